The predicted octanol–water partition coefficient (Wildman–Crippen LogP) is 12.8. The summed E-state index contributed by atoms with van der Waals surface area (Å²) in [7, 11) is 0. The van der Waals surface area contributed by atoms with Gasteiger partial charge in [-0.15, -0.1) is 0 Å². The Balaban J connectivity index is 1.42. The lowest BCUT2D eigenvalue weighted by Gasteiger charge is -2.29. The highest BCUT2D eigenvalue weighted by molar-refractivity contribution is 6.28. The van der Waals surface area contributed by atoms with E-state index in [-0.39, 0.29) is 0 Å². The topological polar surface area (TPSA) is 6.48 Å². The van der Waals surface area contributed by atoms with Crippen molar-refractivity contribution in [1.82, 2.24) is 0 Å². The van der Waals surface area contributed by atoms with Gasteiger partial charge in [-0.2, -0.15) is 0 Å². The van der Waals surface area contributed by atoms with Gasteiger partial charge >= 0.3 is 0 Å². The van der Waals surface area contributed by atoms with Crippen LogP contribution < -0.4 is 9.80 Å². The monoisotopic (exact) mass is 592 g/mol. The van der Waals surface area contributed by atoms with Crippen LogP contribution in [-0.2, 0) is 0 Å². The molecule has 0 aliphatic carbocycles. The summed E-state index contributed by atoms with van der Waals surface area (Å²) in [6.07, 6.45) is 0. The van der Waals surface area contributed by atoms with Crippen LogP contribution >= 0.6 is 0 Å². The lowest BCUT2D eigenvalue weighted by molar-refractivity contribution is 1.27. The first kappa shape index (κ1) is 27.9. The lowest BCUT2D eigenvalue weighted by atomic mass is 9.91. The molecule has 0 unspecified atom stereocenters. The molecule has 0 spiro atoms. The van der Waals surface area contributed by atoms with Crippen LogP contribution in [0.15, 0.2) is 146 Å². The first-order valence-electron chi connectivity index (χ1n) is 16.0. The van der Waals surface area contributed by atoms with Crippen LogP contribution in [0.25, 0.3) is 32.3 Å². The van der Waals surface area contributed by atoms with Crippen LogP contribution in [0, 0.1) is 27.7 Å². The number of nitrogens with zero attached hydrogens (tertiary/aromatic N) is 2. The van der Waals surface area contributed by atoms with E-state index in [0.29, 0.717) is 0 Å². The van der Waals surface area contributed by atoms with Crippen molar-refractivity contribution in [3.8, 4) is 0 Å². The number of hydrogen-bond acceptors (Lipinski definition) is 2. The van der Waals surface area contributed by atoms with E-state index in [2.05, 4.69) is 183 Å². The van der Waals surface area contributed by atoms with Crippen molar-refractivity contribution in [1.29, 1.82) is 0 Å². The van der Waals surface area contributed by atoms with Gasteiger partial charge in [0.15, 0.2) is 0 Å². The minimum Gasteiger partial charge on any atom is -0.310 e. The first-order chi connectivity index (χ1) is 22.4. The zero-order valence-electron chi connectivity index (χ0n) is 26.8. The average Bonchev–Trinajstić information content (AvgIpc) is 3.05. The summed E-state index contributed by atoms with van der Waals surface area (Å²) in [5.41, 5.74) is 12.0. The number of benzene rings is 8. The van der Waals surface area contributed by atoms with Crippen LogP contribution in [0.3, 0.4) is 0 Å². The van der Waals surface area contributed by atoms with Gasteiger partial charge in [0, 0.05) is 33.5 Å². The normalized spacial score (nSPS) is 11.5. The molecule has 0 bridgehead atoms. The van der Waals surface area contributed by atoms with Crippen LogP contribution in [-0.4, -0.2) is 0 Å². The van der Waals surface area contributed by atoms with Crippen molar-refractivity contribution in [2.75, 3.05) is 9.80 Å². The fraction of sp³-hybridized carbons (Fsp3) is 0.0909. The average molecular weight is 593 g/mol. The van der Waals surface area contributed by atoms with E-state index < -0.39 is 0 Å². The minimum absolute atomic E-state index is 1.16. The number of hydrogen-bond donors (Lipinski definition) is 0. The second-order valence-corrected chi connectivity index (χ2v) is 12.6. The van der Waals surface area contributed by atoms with Crippen molar-refractivity contribution < 1.29 is 0 Å². The third-order valence-electron chi connectivity index (χ3n) is 9.14. The van der Waals surface area contributed by atoms with E-state index >= 15 is 0 Å². The van der Waals surface area contributed by atoms with Gasteiger partial charge in [-0.1, -0.05) is 84.9 Å². The predicted molar refractivity (Wildman–Crippen MR) is 198 cm³/mol. The Morgan fingerprint density at radius 3 is 0.935 bits per heavy atom. The molecule has 8 aromatic rings. The number of rotatable bonds is 6. The van der Waals surface area contributed by atoms with E-state index in [0.717, 1.165) is 22.7 Å². The molecule has 0 aromatic heterocycles. The summed E-state index contributed by atoms with van der Waals surface area (Å²) < 4.78 is 0. The van der Waals surface area contributed by atoms with E-state index in [1.54, 1.807) is 0 Å². The van der Waals surface area contributed by atoms with Gasteiger partial charge in [-0.05, 0) is 132 Å². The third kappa shape index (κ3) is 4.74. The van der Waals surface area contributed by atoms with Crippen molar-refractivity contribution in [3.63, 3.8) is 0 Å². The number of anilines is 6. The molecule has 8 rings (SSSR count). The molecule has 0 fully saturated rings. The summed E-state index contributed by atoms with van der Waals surface area (Å²) in [5.74, 6) is 0. The molecular formula is C44H36N2. The standard InChI is InChI=1S/C44H36N2/c1-29-9-5-13-35(25-29)45(36-14-6-10-30(2)26-36)41-23-19-33-18-22-40-42(24-20-34-17-21-39(41)43(33)44(34)40)46(37-15-7-11-31(3)27-37)38-16-8-12-32(4)28-38/h5-28H,1-4H3. The van der Waals surface area contributed by atoms with Crippen LogP contribution in [0.5, 0.6) is 0 Å². The maximum Gasteiger partial charge on any atom is 0.0540 e. The van der Waals surface area contributed by atoms with Gasteiger partial charge in [-0.3, -0.25) is 0 Å². The maximum absolute atomic E-state index is 2.42. The molecule has 222 valence electrons. The molecule has 0 saturated carbocycles. The smallest absolute Gasteiger partial charge is 0.0540 e. The summed E-state index contributed by atoms with van der Waals surface area (Å²) in [5, 5.41) is 7.59. The van der Waals surface area contributed by atoms with Crippen molar-refractivity contribution in [2.24, 2.45) is 0 Å². The van der Waals surface area contributed by atoms with Crippen LogP contribution in [0.4, 0.5) is 34.1 Å². The fourth-order valence-electron chi connectivity index (χ4n) is 7.08. The van der Waals surface area contributed by atoms with E-state index in [1.165, 1.54) is 65.9 Å². The van der Waals surface area contributed by atoms with Crippen LogP contribution in [0.1, 0.15) is 22.3 Å². The molecule has 2 nitrogen and oxygen atoms in total. The molecule has 0 N–H and O–H groups in total. The molecule has 0 saturated heterocycles. The molecule has 46 heavy (non-hydrogen) atoms. The second kappa shape index (κ2) is 11.1. The summed E-state index contributed by atoms with van der Waals surface area (Å²) >= 11 is 0. The van der Waals surface area contributed by atoms with Crippen LogP contribution in [0.2, 0.25) is 0 Å². The lowest BCUT2D eigenvalue weighted by Crippen LogP contribution is -2.12. The molecule has 0 radical (unpaired) electrons. The summed E-state index contributed by atoms with van der Waals surface area (Å²) in [4.78, 5) is 4.83. The van der Waals surface area contributed by atoms with Gasteiger partial charge in [0.25, 0.3) is 0 Å². The summed E-state index contributed by atoms with van der Waals surface area (Å²) in [6, 6.07) is 53.6. The zero-order valence-corrected chi connectivity index (χ0v) is 26.8. The first-order valence-corrected chi connectivity index (χ1v) is 16.0. The Bertz CT molecular complexity index is 2120. The van der Waals surface area contributed by atoms with Gasteiger partial charge in [0.05, 0.1) is 11.4 Å². The van der Waals surface area contributed by atoms with Crippen molar-refractivity contribution >= 4 is 66.4 Å². The van der Waals surface area contributed by atoms with Gasteiger partial charge in [0.1, 0.15) is 0 Å². The fourth-order valence-corrected chi connectivity index (χ4v) is 7.08. The van der Waals surface area contributed by atoms with Crippen molar-refractivity contribution in [2.45, 2.75) is 27.7 Å². The molecule has 2 heteroatoms. The van der Waals surface area contributed by atoms with Gasteiger partial charge < -0.3 is 9.80 Å². The Kier molecular flexibility index (Phi) is 6.73. The molecule has 0 amide bonds. The number of aryl methyl sites for hydroxylation is 4. The highest BCUT2D eigenvalue weighted by atomic mass is 15.1. The van der Waals surface area contributed by atoms with E-state index in [4.69, 9.17) is 0 Å². The highest BCUT2D eigenvalue weighted by Gasteiger charge is 2.22. The van der Waals surface area contributed by atoms with Gasteiger partial charge in [-0.25, -0.2) is 0 Å². The van der Waals surface area contributed by atoms with E-state index in [1.807, 2.05) is 0 Å². The Morgan fingerprint density at radius 1 is 0.326 bits per heavy atom. The largest absolute Gasteiger partial charge is 0.310 e. The molecule has 0 aliphatic heterocycles. The summed E-state index contributed by atoms with van der Waals surface area (Å²) in [6.45, 7) is 8.66. The molecule has 0 atom stereocenters. The Morgan fingerprint density at radius 2 is 0.630 bits per heavy atom. The van der Waals surface area contributed by atoms with E-state index in [9.17, 15) is 0 Å². The SMILES string of the molecule is Cc1cccc(N(c2cccc(C)c2)c2ccc3ccc4c(N(c5cccc(C)c5)c5cccc(C)c5)ccc5ccc2c3c54)c1. The third-order valence-corrected chi connectivity index (χ3v) is 9.14. The minimum atomic E-state index is 1.16. The highest BCUT2D eigenvalue weighted by Crippen LogP contribution is 2.47. The second-order valence-electron chi connectivity index (χ2n) is 12.6. The zero-order chi connectivity index (χ0) is 31.4. The quantitative estimate of drug-likeness (QED) is 0.177. The molecule has 0 aliphatic rings. The molecular weight excluding hydrogens is 556 g/mol. The van der Waals surface area contributed by atoms with Crippen molar-refractivity contribution in [3.05, 3.63) is 168 Å². The Hall–Kier alpha value is -5.60. The molecule has 8 aromatic carbocycles. The Labute approximate surface area is 271 Å². The van der Waals surface area contributed by atoms with Gasteiger partial charge in [0.2, 0.25) is 0 Å². The maximum atomic E-state index is 2.42. The molecule has 0 heterocycles.